The van der Waals surface area contributed by atoms with Gasteiger partial charge in [-0.25, -0.2) is 0 Å². The van der Waals surface area contributed by atoms with Gasteiger partial charge in [0.05, 0.1) is 18.6 Å². The molecule has 0 aromatic rings. The van der Waals surface area contributed by atoms with Crippen molar-refractivity contribution < 1.29 is 14.6 Å². The van der Waals surface area contributed by atoms with Gasteiger partial charge in [-0.05, 0) is 36.5 Å². The van der Waals surface area contributed by atoms with Crippen molar-refractivity contribution in [2.24, 2.45) is 17.3 Å². The molecule has 4 atom stereocenters. The molecule has 0 aromatic heterocycles. The Bertz CT molecular complexity index is 301. The van der Waals surface area contributed by atoms with E-state index in [9.17, 15) is 4.79 Å². The van der Waals surface area contributed by atoms with Crippen LogP contribution in [0.5, 0.6) is 0 Å². The molecule has 4 unspecified atom stereocenters. The van der Waals surface area contributed by atoms with Crippen molar-refractivity contribution in [2.45, 2.75) is 38.2 Å². The third kappa shape index (κ3) is 0.800. The van der Waals surface area contributed by atoms with Gasteiger partial charge >= 0.3 is 5.97 Å². The van der Waals surface area contributed by atoms with E-state index in [-0.39, 0.29) is 12.0 Å². The van der Waals surface area contributed by atoms with E-state index < -0.39 is 5.97 Å². The fourth-order valence-corrected chi connectivity index (χ4v) is 4.25. The Morgan fingerprint density at radius 1 is 1.57 bits per heavy atom. The van der Waals surface area contributed by atoms with Crippen molar-refractivity contribution in [1.29, 1.82) is 0 Å². The molecule has 1 heterocycles. The molecular formula is C11H16O3. The number of carboxylic acid groups (broad SMARTS) is 1. The van der Waals surface area contributed by atoms with E-state index in [1.54, 1.807) is 0 Å². The number of rotatable bonds is 2. The van der Waals surface area contributed by atoms with E-state index in [0.717, 1.165) is 18.9 Å². The fourth-order valence-electron chi connectivity index (χ4n) is 4.25. The molecule has 3 fully saturated rings. The predicted molar refractivity (Wildman–Crippen MR) is 49.9 cm³/mol. The Morgan fingerprint density at radius 3 is 2.93 bits per heavy atom. The molecule has 3 nitrogen and oxygen atoms in total. The van der Waals surface area contributed by atoms with Crippen LogP contribution >= 0.6 is 0 Å². The number of aliphatic carboxylic acids is 1. The van der Waals surface area contributed by atoms with Gasteiger partial charge in [-0.15, -0.1) is 0 Å². The number of carbonyl (C=O) groups is 1. The number of hydrogen-bond donors (Lipinski definition) is 1. The molecule has 3 aliphatic rings. The van der Waals surface area contributed by atoms with Crippen LogP contribution in [0, 0.1) is 17.3 Å². The molecular weight excluding hydrogens is 180 g/mol. The molecule has 0 amide bonds. The van der Waals surface area contributed by atoms with Gasteiger partial charge in [0.15, 0.2) is 0 Å². The topological polar surface area (TPSA) is 46.5 Å². The second-order valence-electron chi connectivity index (χ2n) is 5.46. The first kappa shape index (κ1) is 8.72. The molecule has 0 radical (unpaired) electrons. The summed E-state index contributed by atoms with van der Waals surface area (Å²) in [5.41, 5.74) is 0.0128. The third-order valence-corrected chi connectivity index (χ3v) is 4.88. The normalized spacial score (nSPS) is 54.1. The largest absolute Gasteiger partial charge is 0.481 e. The zero-order valence-electron chi connectivity index (χ0n) is 8.45. The number of hydrogen-bond acceptors (Lipinski definition) is 2. The first-order chi connectivity index (χ1) is 6.57. The molecule has 3 heteroatoms. The summed E-state index contributed by atoms with van der Waals surface area (Å²) in [6.07, 6.45) is 3.66. The number of ether oxygens (including phenoxy) is 1. The van der Waals surface area contributed by atoms with Gasteiger partial charge in [0.1, 0.15) is 0 Å². The van der Waals surface area contributed by atoms with Gasteiger partial charge in [0.2, 0.25) is 0 Å². The first-order valence-corrected chi connectivity index (χ1v) is 5.43. The Labute approximate surface area is 83.4 Å². The van der Waals surface area contributed by atoms with Gasteiger partial charge in [0.25, 0.3) is 0 Å². The maximum absolute atomic E-state index is 10.8. The lowest BCUT2D eigenvalue weighted by Crippen LogP contribution is -2.38. The minimum Gasteiger partial charge on any atom is -0.481 e. The molecule has 4 bridgehead atoms. The van der Waals surface area contributed by atoms with E-state index in [1.165, 1.54) is 12.8 Å². The highest BCUT2D eigenvalue weighted by Gasteiger charge is 2.69. The monoisotopic (exact) mass is 196 g/mol. The third-order valence-electron chi connectivity index (χ3n) is 4.88. The molecule has 0 spiro atoms. The second-order valence-corrected chi connectivity index (χ2v) is 5.46. The molecule has 3 rings (SSSR count). The number of carboxylic acids is 1. The van der Waals surface area contributed by atoms with Gasteiger partial charge in [-0.1, -0.05) is 6.92 Å². The molecule has 1 aliphatic heterocycles. The van der Waals surface area contributed by atoms with Crippen LogP contribution in [0.15, 0.2) is 0 Å². The Balaban J connectivity index is 1.94. The Morgan fingerprint density at radius 2 is 2.36 bits per heavy atom. The van der Waals surface area contributed by atoms with E-state index in [0.29, 0.717) is 11.3 Å². The van der Waals surface area contributed by atoms with Crippen molar-refractivity contribution in [3.63, 3.8) is 0 Å². The highest BCUT2D eigenvalue weighted by atomic mass is 16.5. The quantitative estimate of drug-likeness (QED) is 0.730. The lowest BCUT2D eigenvalue weighted by Gasteiger charge is -2.34. The summed E-state index contributed by atoms with van der Waals surface area (Å²) in [7, 11) is 0. The lowest BCUT2D eigenvalue weighted by molar-refractivity contribution is -0.147. The first-order valence-electron chi connectivity index (χ1n) is 5.43. The van der Waals surface area contributed by atoms with Gasteiger partial charge < -0.3 is 9.84 Å². The highest BCUT2D eigenvalue weighted by Crippen LogP contribution is 2.68. The van der Waals surface area contributed by atoms with Crippen LogP contribution in [-0.2, 0) is 9.53 Å². The fraction of sp³-hybridized carbons (Fsp3) is 0.909. The summed E-state index contributed by atoms with van der Waals surface area (Å²) >= 11 is 0. The predicted octanol–water partition coefficient (Wildman–Crippen LogP) is 1.67. The van der Waals surface area contributed by atoms with Gasteiger partial charge in [0, 0.05) is 0 Å². The summed E-state index contributed by atoms with van der Waals surface area (Å²) in [6.45, 7) is 3.07. The average Bonchev–Trinajstić information content (AvgIpc) is 2.62. The van der Waals surface area contributed by atoms with Crippen molar-refractivity contribution >= 4 is 5.97 Å². The summed E-state index contributed by atoms with van der Waals surface area (Å²) in [4.78, 5) is 10.8. The van der Waals surface area contributed by atoms with Crippen LogP contribution in [0.3, 0.4) is 0 Å². The molecule has 0 aromatic carbocycles. The van der Waals surface area contributed by atoms with E-state index in [2.05, 4.69) is 6.92 Å². The molecule has 14 heavy (non-hydrogen) atoms. The zero-order valence-corrected chi connectivity index (χ0v) is 8.45. The highest BCUT2D eigenvalue weighted by molar-refractivity contribution is 5.68. The van der Waals surface area contributed by atoms with Crippen LogP contribution in [0.4, 0.5) is 0 Å². The average molecular weight is 196 g/mol. The zero-order chi connectivity index (χ0) is 9.97. The van der Waals surface area contributed by atoms with E-state index in [4.69, 9.17) is 9.84 Å². The van der Waals surface area contributed by atoms with Crippen molar-refractivity contribution in [1.82, 2.24) is 0 Å². The summed E-state index contributed by atoms with van der Waals surface area (Å²) in [6, 6.07) is 0. The minimum atomic E-state index is -0.707. The minimum absolute atomic E-state index is 0.212. The van der Waals surface area contributed by atoms with Crippen molar-refractivity contribution in [3.05, 3.63) is 0 Å². The van der Waals surface area contributed by atoms with Crippen molar-refractivity contribution in [2.75, 3.05) is 6.61 Å². The molecule has 2 saturated carbocycles. The second kappa shape index (κ2) is 2.32. The van der Waals surface area contributed by atoms with Gasteiger partial charge in [-0.3, -0.25) is 4.79 Å². The molecule has 1 N–H and O–H groups in total. The van der Waals surface area contributed by atoms with Crippen LogP contribution in [0.1, 0.15) is 32.6 Å². The maximum Gasteiger partial charge on any atom is 0.306 e. The Kier molecular flexibility index (Phi) is 1.45. The lowest BCUT2D eigenvalue weighted by atomic mass is 9.79. The maximum atomic E-state index is 10.8. The van der Waals surface area contributed by atoms with Crippen LogP contribution in [0.25, 0.3) is 0 Å². The Hall–Kier alpha value is -0.570. The van der Waals surface area contributed by atoms with Crippen LogP contribution < -0.4 is 0 Å². The van der Waals surface area contributed by atoms with Gasteiger partial charge in [-0.2, -0.15) is 0 Å². The summed E-state index contributed by atoms with van der Waals surface area (Å²) < 4.78 is 5.81. The molecule has 2 aliphatic carbocycles. The molecule has 1 saturated heterocycles. The standard InChI is InChI=1S/C11H16O3/c1-10-6-14-11(5-9(12)13)4-7(10)2-3-8(10)11/h7-8H,2-6H2,1H3,(H,12,13). The summed E-state index contributed by atoms with van der Waals surface area (Å²) in [5.74, 6) is 0.526. The molecule has 78 valence electrons. The van der Waals surface area contributed by atoms with Crippen LogP contribution in [0.2, 0.25) is 0 Å². The SMILES string of the molecule is CC12COC3(CC(=O)O)CC1CCC32. The van der Waals surface area contributed by atoms with Crippen molar-refractivity contribution in [3.8, 4) is 0 Å². The van der Waals surface area contributed by atoms with E-state index >= 15 is 0 Å². The van der Waals surface area contributed by atoms with Crippen LogP contribution in [-0.4, -0.2) is 23.3 Å². The van der Waals surface area contributed by atoms with E-state index in [1.807, 2.05) is 0 Å². The summed E-state index contributed by atoms with van der Waals surface area (Å²) in [5, 5.41) is 8.92. The smallest absolute Gasteiger partial charge is 0.306 e.